The molecule has 2 N–H and O–H groups in total. The van der Waals surface area contributed by atoms with Gasteiger partial charge in [-0.25, -0.2) is 0 Å². The van der Waals surface area contributed by atoms with E-state index in [1.54, 1.807) is 0 Å². The van der Waals surface area contributed by atoms with Crippen LogP contribution in [0.4, 0.5) is 0 Å². The molecule has 1 saturated heterocycles. The lowest BCUT2D eigenvalue weighted by Gasteiger charge is -2.43. The summed E-state index contributed by atoms with van der Waals surface area (Å²) in [6.07, 6.45) is 6.35. The molecule has 1 saturated carbocycles. The van der Waals surface area contributed by atoms with Crippen LogP contribution in [0.25, 0.3) is 0 Å². The number of hydrogen-bond donors (Lipinski definition) is 1. The highest BCUT2D eigenvalue weighted by Crippen LogP contribution is 2.30. The number of piperazine rings is 1. The van der Waals surface area contributed by atoms with Gasteiger partial charge in [0.15, 0.2) is 0 Å². The second-order valence-corrected chi connectivity index (χ2v) is 6.44. The van der Waals surface area contributed by atoms with Crippen LogP contribution < -0.4 is 5.73 Å². The molecule has 2 rings (SSSR count). The summed E-state index contributed by atoms with van der Waals surface area (Å²) in [4.78, 5) is 5.10. The first kappa shape index (κ1) is 13.3. The van der Waals surface area contributed by atoms with Crippen molar-refractivity contribution in [2.75, 3.05) is 26.7 Å². The fraction of sp³-hybridized carbons (Fsp3) is 1.00. The van der Waals surface area contributed by atoms with Gasteiger partial charge in [0.2, 0.25) is 0 Å². The first-order valence-corrected chi connectivity index (χ1v) is 7.23. The molecule has 2 fully saturated rings. The topological polar surface area (TPSA) is 32.5 Å². The highest BCUT2D eigenvalue weighted by molar-refractivity contribution is 4.91. The summed E-state index contributed by atoms with van der Waals surface area (Å²) in [5, 5.41) is 0. The summed E-state index contributed by atoms with van der Waals surface area (Å²) >= 11 is 0. The number of nitrogens with zero attached hydrogens (tertiary/aromatic N) is 2. The maximum absolute atomic E-state index is 6.44. The molecule has 0 aromatic heterocycles. The molecule has 0 amide bonds. The molecule has 3 heteroatoms. The summed E-state index contributed by atoms with van der Waals surface area (Å²) < 4.78 is 0. The largest absolute Gasteiger partial charge is 0.325 e. The van der Waals surface area contributed by atoms with Crippen molar-refractivity contribution in [2.45, 2.75) is 63.6 Å². The standard InChI is InChI=1S/C14H29N3/c1-12-10-17(11-13(2)16(12)3)9-8-14(15)6-4-5-7-14/h12-13H,4-11,15H2,1-3H3. The van der Waals surface area contributed by atoms with Crippen molar-refractivity contribution < 1.29 is 0 Å². The zero-order chi connectivity index (χ0) is 12.5. The molecule has 3 nitrogen and oxygen atoms in total. The third-order valence-corrected chi connectivity index (χ3v) is 4.96. The number of rotatable bonds is 3. The highest BCUT2D eigenvalue weighted by Gasteiger charge is 2.31. The molecule has 100 valence electrons. The molecule has 0 aromatic carbocycles. The lowest BCUT2D eigenvalue weighted by molar-refractivity contribution is 0.0556. The molecule has 2 atom stereocenters. The Labute approximate surface area is 106 Å². The van der Waals surface area contributed by atoms with Crippen molar-refractivity contribution in [3.63, 3.8) is 0 Å². The molecule has 2 unspecified atom stereocenters. The first-order valence-electron chi connectivity index (χ1n) is 7.23. The Bertz CT molecular complexity index is 236. The van der Waals surface area contributed by atoms with Crippen molar-refractivity contribution in [1.29, 1.82) is 0 Å². The lowest BCUT2D eigenvalue weighted by Crippen LogP contribution is -2.55. The fourth-order valence-corrected chi connectivity index (χ4v) is 3.41. The van der Waals surface area contributed by atoms with Gasteiger partial charge in [0.05, 0.1) is 0 Å². The maximum atomic E-state index is 6.44. The highest BCUT2D eigenvalue weighted by atomic mass is 15.3. The Morgan fingerprint density at radius 3 is 2.18 bits per heavy atom. The van der Waals surface area contributed by atoms with E-state index in [2.05, 4.69) is 30.7 Å². The Balaban J connectivity index is 1.79. The Morgan fingerprint density at radius 1 is 1.12 bits per heavy atom. The lowest BCUT2D eigenvalue weighted by atomic mass is 9.94. The molecule has 0 radical (unpaired) electrons. The maximum Gasteiger partial charge on any atom is 0.0195 e. The van der Waals surface area contributed by atoms with Crippen LogP contribution in [0.3, 0.4) is 0 Å². The molecular weight excluding hydrogens is 210 g/mol. The molecule has 0 bridgehead atoms. The summed E-state index contributed by atoms with van der Waals surface area (Å²) in [5.74, 6) is 0. The number of hydrogen-bond acceptors (Lipinski definition) is 3. The van der Waals surface area contributed by atoms with Gasteiger partial charge in [-0.1, -0.05) is 12.8 Å². The van der Waals surface area contributed by atoms with Gasteiger partial charge >= 0.3 is 0 Å². The predicted octanol–water partition coefficient (Wildman–Crippen LogP) is 1.67. The van der Waals surface area contributed by atoms with Crippen LogP contribution in [0.2, 0.25) is 0 Å². The predicted molar refractivity (Wildman–Crippen MR) is 73.1 cm³/mol. The average Bonchev–Trinajstić information content (AvgIpc) is 2.71. The summed E-state index contributed by atoms with van der Waals surface area (Å²) in [5.41, 5.74) is 6.60. The molecule has 0 spiro atoms. The van der Waals surface area contributed by atoms with Crippen LogP contribution in [0.1, 0.15) is 46.0 Å². The van der Waals surface area contributed by atoms with Gasteiger partial charge in [0, 0.05) is 37.3 Å². The van der Waals surface area contributed by atoms with E-state index in [1.807, 2.05) is 0 Å². The van der Waals surface area contributed by atoms with Crippen molar-refractivity contribution >= 4 is 0 Å². The summed E-state index contributed by atoms with van der Waals surface area (Å²) in [6, 6.07) is 1.35. The van der Waals surface area contributed by atoms with Crippen LogP contribution >= 0.6 is 0 Å². The van der Waals surface area contributed by atoms with Crippen LogP contribution in [0, 0.1) is 0 Å². The van der Waals surface area contributed by atoms with Gasteiger partial charge in [-0.05, 0) is 40.2 Å². The quantitative estimate of drug-likeness (QED) is 0.813. The van der Waals surface area contributed by atoms with Crippen molar-refractivity contribution in [1.82, 2.24) is 9.80 Å². The molecule has 17 heavy (non-hydrogen) atoms. The minimum Gasteiger partial charge on any atom is -0.325 e. The van der Waals surface area contributed by atoms with E-state index in [9.17, 15) is 0 Å². The van der Waals surface area contributed by atoms with E-state index in [0.717, 1.165) is 0 Å². The van der Waals surface area contributed by atoms with Crippen LogP contribution in [-0.4, -0.2) is 54.1 Å². The molecule has 1 aliphatic heterocycles. The van der Waals surface area contributed by atoms with E-state index in [1.165, 1.54) is 51.7 Å². The van der Waals surface area contributed by atoms with Gasteiger partial charge in [-0.15, -0.1) is 0 Å². The van der Waals surface area contributed by atoms with E-state index in [-0.39, 0.29) is 5.54 Å². The second-order valence-electron chi connectivity index (χ2n) is 6.44. The normalized spacial score (nSPS) is 35.3. The Morgan fingerprint density at radius 2 is 1.65 bits per heavy atom. The van der Waals surface area contributed by atoms with Gasteiger partial charge < -0.3 is 10.6 Å². The molecule has 1 heterocycles. The summed E-state index contributed by atoms with van der Waals surface area (Å²) in [7, 11) is 2.24. The minimum atomic E-state index is 0.163. The van der Waals surface area contributed by atoms with Crippen molar-refractivity contribution in [3.05, 3.63) is 0 Å². The number of nitrogens with two attached hydrogens (primary N) is 1. The van der Waals surface area contributed by atoms with Crippen molar-refractivity contribution in [3.8, 4) is 0 Å². The van der Waals surface area contributed by atoms with Crippen LogP contribution in [0.5, 0.6) is 0 Å². The Hall–Kier alpha value is -0.120. The molecule has 2 aliphatic rings. The van der Waals surface area contributed by atoms with E-state index >= 15 is 0 Å². The molecule has 1 aliphatic carbocycles. The van der Waals surface area contributed by atoms with Gasteiger partial charge in [0.1, 0.15) is 0 Å². The van der Waals surface area contributed by atoms with E-state index in [0.29, 0.717) is 12.1 Å². The number of likely N-dealkylation sites (N-methyl/N-ethyl adjacent to an activating group) is 1. The van der Waals surface area contributed by atoms with Crippen LogP contribution in [-0.2, 0) is 0 Å². The zero-order valence-electron chi connectivity index (χ0n) is 11.8. The Kier molecular flexibility index (Phi) is 4.11. The average molecular weight is 239 g/mol. The van der Waals surface area contributed by atoms with E-state index < -0.39 is 0 Å². The zero-order valence-corrected chi connectivity index (χ0v) is 11.8. The second kappa shape index (κ2) is 5.25. The van der Waals surface area contributed by atoms with Crippen LogP contribution in [0.15, 0.2) is 0 Å². The smallest absolute Gasteiger partial charge is 0.0195 e. The SMILES string of the molecule is CC1CN(CCC2(N)CCCC2)CC(C)N1C. The van der Waals surface area contributed by atoms with Crippen molar-refractivity contribution in [2.24, 2.45) is 5.73 Å². The molecular formula is C14H29N3. The summed E-state index contributed by atoms with van der Waals surface area (Å²) in [6.45, 7) is 8.26. The third-order valence-electron chi connectivity index (χ3n) is 4.96. The molecule has 0 aromatic rings. The third kappa shape index (κ3) is 3.21. The fourth-order valence-electron chi connectivity index (χ4n) is 3.41. The minimum absolute atomic E-state index is 0.163. The first-order chi connectivity index (χ1) is 8.00. The van der Waals surface area contributed by atoms with E-state index in [4.69, 9.17) is 5.73 Å². The van der Waals surface area contributed by atoms with Gasteiger partial charge in [-0.3, -0.25) is 4.90 Å². The monoisotopic (exact) mass is 239 g/mol. The van der Waals surface area contributed by atoms with Gasteiger partial charge in [0.25, 0.3) is 0 Å². The van der Waals surface area contributed by atoms with Gasteiger partial charge in [-0.2, -0.15) is 0 Å².